The van der Waals surface area contributed by atoms with Crippen LogP contribution in [0, 0.1) is 17.7 Å². The van der Waals surface area contributed by atoms with Gasteiger partial charge in [0.15, 0.2) is 0 Å². The maximum Gasteiger partial charge on any atom is 0.261 e. The molecule has 5 rings (SSSR count). The van der Waals surface area contributed by atoms with Crippen molar-refractivity contribution in [1.29, 1.82) is 0 Å². The fourth-order valence-corrected chi connectivity index (χ4v) is 3.97. The van der Waals surface area contributed by atoms with Gasteiger partial charge in [0.25, 0.3) is 11.8 Å². The number of nitrogens with zero attached hydrogens (tertiary/aromatic N) is 3. The molecule has 0 saturated heterocycles. The lowest BCUT2D eigenvalue weighted by Crippen LogP contribution is -2.30. The van der Waals surface area contributed by atoms with Crippen LogP contribution in [0.3, 0.4) is 0 Å². The van der Waals surface area contributed by atoms with Crippen molar-refractivity contribution in [1.82, 2.24) is 14.9 Å². The monoisotopic (exact) mass is 506 g/mol. The highest BCUT2D eigenvalue weighted by atomic mass is 19.1. The Labute approximate surface area is 219 Å². The van der Waals surface area contributed by atoms with Gasteiger partial charge in [-0.15, -0.1) is 0 Å². The highest BCUT2D eigenvalue weighted by Crippen LogP contribution is 2.23. The molecule has 0 unspecified atom stereocenters. The molecule has 0 spiro atoms. The molecular weight excluding hydrogens is 483 g/mol. The van der Waals surface area contributed by atoms with Crippen LogP contribution in [0.5, 0.6) is 5.88 Å². The fourth-order valence-electron chi connectivity index (χ4n) is 3.97. The van der Waals surface area contributed by atoms with Gasteiger partial charge in [0.05, 0.1) is 17.3 Å². The number of hydrogen-bond acceptors (Lipinski definition) is 6. The van der Waals surface area contributed by atoms with Crippen LogP contribution in [0.15, 0.2) is 85.1 Å². The van der Waals surface area contributed by atoms with E-state index in [9.17, 15) is 14.0 Å². The number of benzene rings is 3. The average molecular weight is 507 g/mol. The summed E-state index contributed by atoms with van der Waals surface area (Å²) in [6.07, 6.45) is 2.53. The Hall–Kier alpha value is -5.03. The van der Waals surface area contributed by atoms with Crippen LogP contribution in [0.2, 0.25) is 0 Å². The van der Waals surface area contributed by atoms with Crippen LogP contribution in [0.1, 0.15) is 44.7 Å². The third-order valence-corrected chi connectivity index (χ3v) is 5.84. The highest BCUT2D eigenvalue weighted by molar-refractivity contribution is 6.21. The quantitative estimate of drug-likeness (QED) is 0.197. The van der Waals surface area contributed by atoms with E-state index in [4.69, 9.17) is 4.74 Å². The van der Waals surface area contributed by atoms with Gasteiger partial charge in [-0.2, -0.15) is 4.98 Å². The summed E-state index contributed by atoms with van der Waals surface area (Å²) in [4.78, 5) is 35.0. The minimum absolute atomic E-state index is 0.245. The third kappa shape index (κ3) is 5.68. The van der Waals surface area contributed by atoms with Gasteiger partial charge in [0, 0.05) is 18.7 Å². The minimum Gasteiger partial charge on any atom is -0.472 e. The van der Waals surface area contributed by atoms with Crippen LogP contribution in [0.4, 0.5) is 16.0 Å². The van der Waals surface area contributed by atoms with Gasteiger partial charge in [0.2, 0.25) is 11.8 Å². The summed E-state index contributed by atoms with van der Waals surface area (Å²) >= 11 is 0. The second kappa shape index (κ2) is 11.4. The minimum atomic E-state index is -0.376. The molecule has 1 aromatic heterocycles. The van der Waals surface area contributed by atoms with E-state index in [1.807, 2.05) is 30.3 Å². The molecule has 0 fully saturated rings. The normalized spacial score (nSPS) is 12.1. The average Bonchev–Trinajstić information content (AvgIpc) is 3.18. The molecule has 0 saturated carbocycles. The van der Waals surface area contributed by atoms with E-state index in [-0.39, 0.29) is 42.6 Å². The molecule has 0 aliphatic carbocycles. The summed E-state index contributed by atoms with van der Waals surface area (Å²) in [6, 6.07) is 22.5. The number of carbonyl (C=O) groups excluding carboxylic acids is 2. The van der Waals surface area contributed by atoms with Crippen LogP contribution < -0.4 is 10.1 Å². The number of halogens is 1. The number of hydrogen-bond donors (Lipinski definition) is 1. The van der Waals surface area contributed by atoms with Gasteiger partial charge in [-0.05, 0) is 42.3 Å². The lowest BCUT2D eigenvalue weighted by Gasteiger charge is -2.12. The number of anilines is 2. The zero-order valence-corrected chi connectivity index (χ0v) is 20.4. The lowest BCUT2D eigenvalue weighted by molar-refractivity contribution is 0.0653. The van der Waals surface area contributed by atoms with E-state index in [1.165, 1.54) is 17.0 Å². The summed E-state index contributed by atoms with van der Waals surface area (Å²) in [5.74, 6) is 5.71. The van der Waals surface area contributed by atoms with Gasteiger partial charge in [-0.3, -0.25) is 14.5 Å². The number of ether oxygens (including phenoxy) is 1. The molecule has 188 valence electrons. The highest BCUT2D eigenvalue weighted by Gasteiger charge is 2.34. The van der Waals surface area contributed by atoms with Crippen molar-refractivity contribution in [3.8, 4) is 17.7 Å². The van der Waals surface area contributed by atoms with Crippen molar-refractivity contribution < 1.29 is 18.7 Å². The SMILES string of the molecule is O=C1c2ccccc2C(=O)N1CCCC#Cc1cnc(Nc2cccc(F)c2)nc1OCc1ccccc1. The van der Waals surface area contributed by atoms with Crippen LogP contribution in [0.25, 0.3) is 0 Å². The zero-order valence-electron chi connectivity index (χ0n) is 20.4. The molecule has 7 nitrogen and oxygen atoms in total. The Morgan fingerprint density at radius 1 is 0.921 bits per heavy atom. The molecule has 4 aromatic rings. The Morgan fingerprint density at radius 2 is 1.66 bits per heavy atom. The van der Waals surface area contributed by atoms with Gasteiger partial charge < -0.3 is 10.1 Å². The number of nitrogens with one attached hydrogen (secondary N) is 1. The number of carbonyl (C=O) groups is 2. The van der Waals surface area contributed by atoms with E-state index < -0.39 is 0 Å². The maximum atomic E-state index is 13.6. The third-order valence-electron chi connectivity index (χ3n) is 5.84. The number of aromatic nitrogens is 2. The van der Waals surface area contributed by atoms with Crippen molar-refractivity contribution in [2.24, 2.45) is 0 Å². The molecule has 1 N–H and O–H groups in total. The Morgan fingerprint density at radius 3 is 2.39 bits per heavy atom. The summed E-state index contributed by atoms with van der Waals surface area (Å²) in [5, 5.41) is 2.97. The van der Waals surface area contributed by atoms with E-state index in [0.29, 0.717) is 35.2 Å². The van der Waals surface area contributed by atoms with Crippen molar-refractivity contribution in [3.05, 3.63) is 113 Å². The Balaban J connectivity index is 1.26. The number of unbranched alkanes of at least 4 members (excludes halogenated alkanes) is 1. The van der Waals surface area contributed by atoms with Crippen molar-refractivity contribution in [2.75, 3.05) is 11.9 Å². The summed E-state index contributed by atoms with van der Waals surface area (Å²) < 4.78 is 19.5. The van der Waals surface area contributed by atoms with Crippen LogP contribution in [-0.2, 0) is 6.61 Å². The first-order valence-corrected chi connectivity index (χ1v) is 12.1. The molecule has 3 aromatic carbocycles. The van der Waals surface area contributed by atoms with Gasteiger partial charge in [-0.1, -0.05) is 60.4 Å². The number of rotatable bonds is 8. The van der Waals surface area contributed by atoms with Gasteiger partial charge in [0.1, 0.15) is 18.0 Å². The standard InChI is InChI=1S/C30H23FN4O3/c31-23-13-9-14-24(18-23)33-30-32-19-22(27(34-30)38-20-21-10-3-1-4-11-21)12-5-2-8-17-35-28(36)25-15-6-7-16-26(25)29(35)37/h1,3-4,6-7,9-11,13-16,18-19H,2,8,17,20H2,(H,32,33,34). The molecule has 0 radical (unpaired) electrons. The first-order valence-electron chi connectivity index (χ1n) is 12.1. The Kier molecular flexibility index (Phi) is 7.37. The second-order valence-corrected chi connectivity index (χ2v) is 8.53. The molecule has 8 heteroatoms. The van der Waals surface area contributed by atoms with E-state index in [2.05, 4.69) is 27.1 Å². The second-order valence-electron chi connectivity index (χ2n) is 8.53. The molecule has 1 aliphatic heterocycles. The lowest BCUT2D eigenvalue weighted by atomic mass is 10.1. The number of fused-ring (bicyclic) bond motifs is 1. The van der Waals surface area contributed by atoms with Gasteiger partial charge in [-0.25, -0.2) is 9.37 Å². The maximum absolute atomic E-state index is 13.6. The predicted molar refractivity (Wildman–Crippen MR) is 140 cm³/mol. The molecule has 0 atom stereocenters. The predicted octanol–water partition coefficient (Wildman–Crippen LogP) is 5.37. The van der Waals surface area contributed by atoms with Crippen molar-refractivity contribution >= 4 is 23.5 Å². The number of imide groups is 1. The van der Waals surface area contributed by atoms with Crippen LogP contribution in [-0.4, -0.2) is 33.2 Å². The van der Waals surface area contributed by atoms with E-state index in [1.54, 1.807) is 42.6 Å². The van der Waals surface area contributed by atoms with E-state index in [0.717, 1.165) is 5.56 Å². The summed E-state index contributed by atoms with van der Waals surface area (Å²) in [7, 11) is 0. The van der Waals surface area contributed by atoms with Crippen LogP contribution >= 0.6 is 0 Å². The first-order chi connectivity index (χ1) is 18.6. The smallest absolute Gasteiger partial charge is 0.261 e. The molecule has 1 aliphatic rings. The first kappa shape index (κ1) is 24.7. The topological polar surface area (TPSA) is 84.4 Å². The molecule has 38 heavy (non-hydrogen) atoms. The fraction of sp³-hybridized carbons (Fsp3) is 0.133. The van der Waals surface area contributed by atoms with Gasteiger partial charge >= 0.3 is 0 Å². The van der Waals surface area contributed by atoms with E-state index >= 15 is 0 Å². The molecule has 2 amide bonds. The van der Waals surface area contributed by atoms with Crippen molar-refractivity contribution in [2.45, 2.75) is 19.4 Å². The largest absolute Gasteiger partial charge is 0.472 e. The number of amides is 2. The Bertz CT molecular complexity index is 1510. The summed E-state index contributed by atoms with van der Waals surface area (Å²) in [6.45, 7) is 0.567. The summed E-state index contributed by atoms with van der Waals surface area (Å²) in [5.41, 5.74) is 2.84. The molecule has 2 heterocycles. The molecular formula is C30H23FN4O3. The van der Waals surface area contributed by atoms with Crippen molar-refractivity contribution in [3.63, 3.8) is 0 Å². The zero-order chi connectivity index (χ0) is 26.3. The molecule has 0 bridgehead atoms.